The summed E-state index contributed by atoms with van der Waals surface area (Å²) >= 11 is 0. The maximum Gasteiger partial charge on any atom is 0.226 e. The highest BCUT2D eigenvalue weighted by atomic mass is 16.5. The van der Waals surface area contributed by atoms with Gasteiger partial charge in [-0.1, -0.05) is 24.3 Å². The molecule has 2 heterocycles. The highest BCUT2D eigenvalue weighted by molar-refractivity contribution is 5.79. The maximum absolute atomic E-state index is 12.7. The number of piperidine rings is 1. The number of hydrogen-bond acceptors (Lipinski definition) is 3. The van der Waals surface area contributed by atoms with Crippen LogP contribution in [-0.2, 0) is 22.6 Å². The molecule has 0 unspecified atom stereocenters. The molecule has 1 aromatic rings. The summed E-state index contributed by atoms with van der Waals surface area (Å²) in [6.45, 7) is 4.92. The van der Waals surface area contributed by atoms with Crippen molar-refractivity contribution in [3.05, 3.63) is 35.4 Å². The fourth-order valence-corrected chi connectivity index (χ4v) is 4.18. The molecular weight excluding hydrogens is 300 g/mol. The lowest BCUT2D eigenvalue weighted by Gasteiger charge is -2.32. The Morgan fingerprint density at radius 2 is 1.83 bits per heavy atom. The molecule has 0 bridgehead atoms. The second kappa shape index (κ2) is 8.13. The number of rotatable bonds is 5. The molecule has 1 amide bonds. The van der Waals surface area contributed by atoms with Crippen LogP contribution < -0.4 is 0 Å². The SMILES string of the molecule is COCc1cccc(CC(=O)N2CC[C@@H](C3CCN(C)CC3)C2)c1. The molecule has 2 fully saturated rings. The van der Waals surface area contributed by atoms with Crippen molar-refractivity contribution in [1.82, 2.24) is 9.80 Å². The molecule has 2 aliphatic heterocycles. The Kier molecular flexibility index (Phi) is 5.90. The molecule has 2 aliphatic rings. The van der Waals surface area contributed by atoms with Crippen LogP contribution >= 0.6 is 0 Å². The summed E-state index contributed by atoms with van der Waals surface area (Å²) in [6, 6.07) is 8.19. The number of amides is 1. The summed E-state index contributed by atoms with van der Waals surface area (Å²) in [5.41, 5.74) is 2.23. The van der Waals surface area contributed by atoms with Crippen molar-refractivity contribution in [2.45, 2.75) is 32.3 Å². The molecule has 24 heavy (non-hydrogen) atoms. The largest absolute Gasteiger partial charge is 0.380 e. The first-order valence-electron chi connectivity index (χ1n) is 9.19. The van der Waals surface area contributed by atoms with Crippen molar-refractivity contribution in [2.75, 3.05) is 40.3 Å². The zero-order valence-corrected chi connectivity index (χ0v) is 15.0. The van der Waals surface area contributed by atoms with Gasteiger partial charge < -0.3 is 14.5 Å². The molecule has 4 heteroatoms. The number of benzene rings is 1. The standard InChI is InChI=1S/C20H30N2O2/c1-21-9-6-18(7-10-21)19-8-11-22(14-19)20(23)13-16-4-3-5-17(12-16)15-24-2/h3-5,12,18-19H,6-11,13-15H2,1-2H3/t19-/m1/s1. The molecular formula is C20H30N2O2. The van der Waals surface area contributed by atoms with Gasteiger partial charge in [0, 0.05) is 20.2 Å². The van der Waals surface area contributed by atoms with Crippen molar-refractivity contribution in [1.29, 1.82) is 0 Å². The van der Waals surface area contributed by atoms with Gasteiger partial charge in [0.05, 0.1) is 13.0 Å². The van der Waals surface area contributed by atoms with Crippen molar-refractivity contribution in [2.24, 2.45) is 11.8 Å². The number of carbonyl (C=O) groups is 1. The number of hydrogen-bond donors (Lipinski definition) is 0. The Bertz CT molecular complexity index is 552. The zero-order valence-electron chi connectivity index (χ0n) is 15.0. The monoisotopic (exact) mass is 330 g/mol. The fraction of sp³-hybridized carbons (Fsp3) is 0.650. The molecule has 132 valence electrons. The number of nitrogens with zero attached hydrogens (tertiary/aromatic N) is 2. The Hall–Kier alpha value is -1.39. The molecule has 2 saturated heterocycles. The summed E-state index contributed by atoms with van der Waals surface area (Å²) in [7, 11) is 3.91. The molecule has 0 aromatic heterocycles. The number of methoxy groups -OCH3 is 1. The first-order valence-corrected chi connectivity index (χ1v) is 9.19. The topological polar surface area (TPSA) is 32.8 Å². The summed E-state index contributed by atoms with van der Waals surface area (Å²) < 4.78 is 5.18. The Balaban J connectivity index is 1.52. The van der Waals surface area contributed by atoms with Crippen LogP contribution in [0, 0.1) is 11.8 Å². The second-order valence-electron chi connectivity index (χ2n) is 7.46. The molecule has 1 atom stereocenters. The van der Waals surface area contributed by atoms with E-state index in [4.69, 9.17) is 4.74 Å². The van der Waals surface area contributed by atoms with Gasteiger partial charge in [-0.2, -0.15) is 0 Å². The van der Waals surface area contributed by atoms with E-state index in [2.05, 4.69) is 22.9 Å². The van der Waals surface area contributed by atoms with Crippen LogP contribution in [0.3, 0.4) is 0 Å². The van der Waals surface area contributed by atoms with Crippen molar-refractivity contribution < 1.29 is 9.53 Å². The van der Waals surface area contributed by atoms with E-state index in [1.807, 2.05) is 18.2 Å². The van der Waals surface area contributed by atoms with Crippen molar-refractivity contribution in [3.8, 4) is 0 Å². The molecule has 0 spiro atoms. The van der Waals surface area contributed by atoms with Crippen LogP contribution in [0.2, 0.25) is 0 Å². The molecule has 4 nitrogen and oxygen atoms in total. The normalized spacial score (nSPS) is 22.9. The summed E-state index contributed by atoms with van der Waals surface area (Å²) in [5, 5.41) is 0. The molecule has 1 aromatic carbocycles. The lowest BCUT2D eigenvalue weighted by molar-refractivity contribution is -0.129. The quantitative estimate of drug-likeness (QED) is 0.832. The van der Waals surface area contributed by atoms with Gasteiger partial charge in [0.15, 0.2) is 0 Å². The van der Waals surface area contributed by atoms with E-state index >= 15 is 0 Å². The Morgan fingerprint density at radius 1 is 1.12 bits per heavy atom. The van der Waals surface area contributed by atoms with Gasteiger partial charge in [-0.3, -0.25) is 4.79 Å². The predicted octanol–water partition coefficient (Wildman–Crippen LogP) is 2.57. The lowest BCUT2D eigenvalue weighted by atomic mass is 9.84. The summed E-state index contributed by atoms with van der Waals surface area (Å²) in [4.78, 5) is 17.2. The lowest BCUT2D eigenvalue weighted by Crippen LogP contribution is -2.35. The molecule has 3 rings (SSSR count). The third-order valence-electron chi connectivity index (χ3n) is 5.67. The third-order valence-corrected chi connectivity index (χ3v) is 5.67. The van der Waals surface area contributed by atoms with Gasteiger partial charge in [-0.25, -0.2) is 0 Å². The van der Waals surface area contributed by atoms with E-state index in [0.717, 1.165) is 30.1 Å². The molecule has 0 radical (unpaired) electrons. The fourth-order valence-electron chi connectivity index (χ4n) is 4.18. The van der Waals surface area contributed by atoms with Gasteiger partial charge in [0.25, 0.3) is 0 Å². The van der Waals surface area contributed by atoms with Gasteiger partial charge >= 0.3 is 0 Å². The predicted molar refractivity (Wildman–Crippen MR) is 95.8 cm³/mol. The van der Waals surface area contributed by atoms with E-state index in [1.54, 1.807) is 7.11 Å². The molecule has 0 aliphatic carbocycles. The number of carbonyl (C=O) groups excluding carboxylic acids is 1. The summed E-state index contributed by atoms with van der Waals surface area (Å²) in [6.07, 6.45) is 4.28. The van der Waals surface area contributed by atoms with Crippen LogP contribution in [-0.4, -0.2) is 56.0 Å². The highest BCUT2D eigenvalue weighted by Crippen LogP contribution is 2.31. The van der Waals surface area contributed by atoms with Crippen LogP contribution in [0.5, 0.6) is 0 Å². The van der Waals surface area contributed by atoms with E-state index < -0.39 is 0 Å². The minimum atomic E-state index is 0.278. The van der Waals surface area contributed by atoms with Crippen LogP contribution in [0.1, 0.15) is 30.4 Å². The smallest absolute Gasteiger partial charge is 0.226 e. The van der Waals surface area contributed by atoms with Crippen molar-refractivity contribution in [3.63, 3.8) is 0 Å². The highest BCUT2D eigenvalue weighted by Gasteiger charge is 2.33. The first kappa shape index (κ1) is 17.4. The van der Waals surface area contributed by atoms with Crippen molar-refractivity contribution >= 4 is 5.91 Å². The van der Waals surface area contributed by atoms with Crippen LogP contribution in [0.15, 0.2) is 24.3 Å². The average Bonchev–Trinajstić information content (AvgIpc) is 3.06. The van der Waals surface area contributed by atoms with E-state index in [0.29, 0.717) is 18.9 Å². The minimum absolute atomic E-state index is 0.278. The Morgan fingerprint density at radius 3 is 2.58 bits per heavy atom. The minimum Gasteiger partial charge on any atom is -0.380 e. The first-order chi connectivity index (χ1) is 11.7. The van der Waals surface area contributed by atoms with E-state index in [1.165, 1.54) is 32.4 Å². The second-order valence-corrected chi connectivity index (χ2v) is 7.46. The number of ether oxygens (including phenoxy) is 1. The van der Waals surface area contributed by atoms with Gasteiger partial charge in [0.2, 0.25) is 5.91 Å². The number of likely N-dealkylation sites (tertiary alicyclic amines) is 2. The van der Waals surface area contributed by atoms with Crippen LogP contribution in [0.25, 0.3) is 0 Å². The molecule has 0 saturated carbocycles. The summed E-state index contributed by atoms with van der Waals surface area (Å²) in [5.74, 6) is 1.80. The maximum atomic E-state index is 12.7. The van der Waals surface area contributed by atoms with Crippen LogP contribution in [0.4, 0.5) is 0 Å². The zero-order chi connectivity index (χ0) is 16.9. The van der Waals surface area contributed by atoms with E-state index in [9.17, 15) is 4.79 Å². The Labute approximate surface area is 145 Å². The third kappa shape index (κ3) is 4.37. The van der Waals surface area contributed by atoms with Gasteiger partial charge in [0.1, 0.15) is 0 Å². The van der Waals surface area contributed by atoms with Gasteiger partial charge in [-0.15, -0.1) is 0 Å². The average molecular weight is 330 g/mol. The molecule has 0 N–H and O–H groups in total. The van der Waals surface area contributed by atoms with Gasteiger partial charge in [-0.05, 0) is 62.4 Å². The van der Waals surface area contributed by atoms with E-state index in [-0.39, 0.29) is 5.91 Å².